The minimum absolute atomic E-state index is 0.176. The number of rotatable bonds is 4. The SMILES string of the molecule is C=C(C)C.C=C(C)C(=O)O.CC(C)OC(=O)/C=C\C(=O)O. The van der Waals surface area contributed by atoms with Gasteiger partial charge in [0, 0.05) is 17.7 Å². The van der Waals surface area contributed by atoms with Crippen molar-refractivity contribution < 1.29 is 29.3 Å². The number of esters is 1. The number of carbonyl (C=O) groups is 3. The normalized spacial score (nSPS) is 8.86. The van der Waals surface area contributed by atoms with E-state index in [0.717, 1.165) is 12.2 Å². The Balaban J connectivity index is -0.000000272. The highest BCUT2D eigenvalue weighted by molar-refractivity contribution is 5.90. The molecule has 0 aromatic heterocycles. The van der Waals surface area contributed by atoms with E-state index in [1.165, 1.54) is 12.5 Å². The molecule has 0 saturated heterocycles. The molecule has 6 nitrogen and oxygen atoms in total. The summed E-state index contributed by atoms with van der Waals surface area (Å²) in [5, 5.41) is 16.0. The molecule has 0 spiro atoms. The van der Waals surface area contributed by atoms with Gasteiger partial charge in [0.1, 0.15) is 0 Å². The zero-order valence-corrected chi connectivity index (χ0v) is 13.2. The van der Waals surface area contributed by atoms with Crippen LogP contribution >= 0.6 is 0 Å². The third-order valence-corrected chi connectivity index (χ3v) is 1.08. The second-order valence-corrected chi connectivity index (χ2v) is 4.45. The molecular weight excluding hydrogens is 276 g/mol. The molecule has 0 amide bonds. The number of ether oxygens (including phenoxy) is 1. The molecule has 0 rings (SSSR count). The van der Waals surface area contributed by atoms with Gasteiger partial charge < -0.3 is 14.9 Å². The third kappa shape index (κ3) is 38.1. The Labute approximate surface area is 125 Å². The fraction of sp³-hybridized carbons (Fsp3) is 0.400. The van der Waals surface area contributed by atoms with Crippen molar-refractivity contribution in [1.82, 2.24) is 0 Å². The highest BCUT2D eigenvalue weighted by atomic mass is 16.5. The molecule has 2 N–H and O–H groups in total. The van der Waals surface area contributed by atoms with Crippen molar-refractivity contribution >= 4 is 17.9 Å². The van der Waals surface area contributed by atoms with E-state index in [4.69, 9.17) is 10.2 Å². The van der Waals surface area contributed by atoms with Crippen LogP contribution in [0.1, 0.15) is 34.6 Å². The van der Waals surface area contributed by atoms with E-state index in [1.807, 2.05) is 13.8 Å². The van der Waals surface area contributed by atoms with Gasteiger partial charge in [-0.3, -0.25) is 0 Å². The van der Waals surface area contributed by atoms with E-state index < -0.39 is 17.9 Å². The third-order valence-electron chi connectivity index (χ3n) is 1.08. The van der Waals surface area contributed by atoms with Crippen LogP contribution in [0.5, 0.6) is 0 Å². The van der Waals surface area contributed by atoms with Crippen LogP contribution in [-0.4, -0.2) is 34.2 Å². The highest BCUT2D eigenvalue weighted by Gasteiger charge is 2.00. The van der Waals surface area contributed by atoms with Crippen LogP contribution < -0.4 is 0 Å². The Bertz CT molecular complexity index is 388. The molecule has 120 valence electrons. The maximum Gasteiger partial charge on any atom is 0.331 e. The van der Waals surface area contributed by atoms with E-state index in [1.54, 1.807) is 13.8 Å². The average Bonchev–Trinajstić information content (AvgIpc) is 2.25. The van der Waals surface area contributed by atoms with Gasteiger partial charge in [0.15, 0.2) is 0 Å². The number of carboxylic acid groups (broad SMARTS) is 2. The largest absolute Gasteiger partial charge is 0.478 e. The topological polar surface area (TPSA) is 101 Å². The maximum atomic E-state index is 10.6. The summed E-state index contributed by atoms with van der Waals surface area (Å²) in [7, 11) is 0. The molecule has 6 heteroatoms. The summed E-state index contributed by atoms with van der Waals surface area (Å²) in [5.74, 6) is -2.73. The molecule has 0 aromatic rings. The molecule has 0 aliphatic rings. The van der Waals surface area contributed by atoms with Crippen LogP contribution in [0.3, 0.4) is 0 Å². The van der Waals surface area contributed by atoms with Gasteiger partial charge in [-0.2, -0.15) is 0 Å². The minimum atomic E-state index is -1.16. The molecule has 0 bridgehead atoms. The average molecular weight is 300 g/mol. The van der Waals surface area contributed by atoms with E-state index in [0.29, 0.717) is 0 Å². The second-order valence-electron chi connectivity index (χ2n) is 4.45. The predicted octanol–water partition coefficient (Wildman–Crippen LogP) is 2.81. The maximum absolute atomic E-state index is 10.6. The van der Waals surface area contributed by atoms with Crippen molar-refractivity contribution in [2.75, 3.05) is 0 Å². The summed E-state index contributed by atoms with van der Waals surface area (Å²) in [5.41, 5.74) is 1.34. The summed E-state index contributed by atoms with van der Waals surface area (Å²) in [6.45, 7) is 15.5. The van der Waals surface area contributed by atoms with E-state index in [9.17, 15) is 14.4 Å². The monoisotopic (exact) mass is 300 g/mol. The Morgan fingerprint density at radius 2 is 1.33 bits per heavy atom. The molecular formula is C15H24O6. The predicted molar refractivity (Wildman–Crippen MR) is 80.9 cm³/mol. The van der Waals surface area contributed by atoms with Crippen LogP contribution in [0.25, 0.3) is 0 Å². The summed E-state index contributed by atoms with van der Waals surface area (Å²) < 4.78 is 4.61. The van der Waals surface area contributed by atoms with E-state index >= 15 is 0 Å². The molecule has 0 aliphatic heterocycles. The summed E-state index contributed by atoms with van der Waals surface area (Å²) in [6.07, 6.45) is 1.40. The second kappa shape index (κ2) is 14.0. The van der Waals surface area contributed by atoms with Crippen LogP contribution in [0.4, 0.5) is 0 Å². The first kappa shape index (κ1) is 23.7. The first-order chi connectivity index (χ1) is 9.39. The number of aliphatic carboxylic acids is 2. The number of carbonyl (C=O) groups excluding carboxylic acids is 1. The molecule has 0 saturated carbocycles. The van der Waals surface area contributed by atoms with Crippen molar-refractivity contribution in [2.24, 2.45) is 0 Å². The number of carboxylic acids is 2. The minimum Gasteiger partial charge on any atom is -0.478 e. The van der Waals surface area contributed by atoms with Gasteiger partial charge in [-0.15, -0.1) is 6.58 Å². The lowest BCUT2D eigenvalue weighted by atomic mass is 10.4. The number of allylic oxidation sites excluding steroid dienone is 1. The van der Waals surface area contributed by atoms with Crippen molar-refractivity contribution in [3.8, 4) is 0 Å². The van der Waals surface area contributed by atoms with Gasteiger partial charge in [0.05, 0.1) is 6.10 Å². The Morgan fingerprint density at radius 1 is 1.00 bits per heavy atom. The van der Waals surface area contributed by atoms with Crippen molar-refractivity contribution in [3.63, 3.8) is 0 Å². The smallest absolute Gasteiger partial charge is 0.331 e. The molecule has 0 aromatic carbocycles. The van der Waals surface area contributed by atoms with E-state index in [2.05, 4.69) is 17.9 Å². The van der Waals surface area contributed by atoms with Crippen LogP contribution in [0.15, 0.2) is 36.5 Å². The fourth-order valence-electron chi connectivity index (χ4n) is 0.411. The lowest BCUT2D eigenvalue weighted by molar-refractivity contribution is -0.142. The molecule has 0 fully saturated rings. The Morgan fingerprint density at radius 3 is 1.52 bits per heavy atom. The summed E-state index contributed by atoms with van der Waals surface area (Å²) >= 11 is 0. The molecule has 21 heavy (non-hydrogen) atoms. The molecule has 0 heterocycles. The molecule has 0 radical (unpaired) electrons. The van der Waals surface area contributed by atoms with Crippen molar-refractivity contribution in [2.45, 2.75) is 40.7 Å². The van der Waals surface area contributed by atoms with Gasteiger partial charge in [0.25, 0.3) is 0 Å². The first-order valence-corrected chi connectivity index (χ1v) is 6.02. The standard InChI is InChI=1S/C7H10O4.C4H6O2.C4H8/c1-5(2)11-7(10)4-3-6(8)9;1-3(2)4(5)6;1-4(2)3/h3-5H,1-2H3,(H,8,9);1H2,2H3,(H,5,6);1H2,2-3H3/b4-3-;;. The van der Waals surface area contributed by atoms with Gasteiger partial charge in [-0.1, -0.05) is 12.2 Å². The molecule has 0 atom stereocenters. The van der Waals surface area contributed by atoms with Gasteiger partial charge in [0.2, 0.25) is 0 Å². The van der Waals surface area contributed by atoms with Gasteiger partial charge >= 0.3 is 17.9 Å². The van der Waals surface area contributed by atoms with Crippen molar-refractivity contribution in [3.05, 3.63) is 36.5 Å². The Hall–Kier alpha value is -2.37. The van der Waals surface area contributed by atoms with Gasteiger partial charge in [-0.25, -0.2) is 14.4 Å². The van der Waals surface area contributed by atoms with Crippen LogP contribution in [0.2, 0.25) is 0 Å². The molecule has 0 aliphatic carbocycles. The van der Waals surface area contributed by atoms with Crippen molar-refractivity contribution in [1.29, 1.82) is 0 Å². The summed E-state index contributed by atoms with van der Waals surface area (Å²) in [6, 6.07) is 0. The highest BCUT2D eigenvalue weighted by Crippen LogP contribution is 1.89. The molecule has 0 unspecified atom stereocenters. The fourth-order valence-corrected chi connectivity index (χ4v) is 0.411. The number of hydrogen-bond donors (Lipinski definition) is 2. The van der Waals surface area contributed by atoms with E-state index in [-0.39, 0.29) is 11.7 Å². The zero-order chi connectivity index (χ0) is 17.6. The zero-order valence-electron chi connectivity index (χ0n) is 13.2. The lowest BCUT2D eigenvalue weighted by Gasteiger charge is -2.02. The lowest BCUT2D eigenvalue weighted by Crippen LogP contribution is -2.08. The van der Waals surface area contributed by atoms with Crippen LogP contribution in [-0.2, 0) is 19.1 Å². The summed E-state index contributed by atoms with van der Waals surface area (Å²) in [4.78, 5) is 30.1. The first-order valence-electron chi connectivity index (χ1n) is 6.02. The quantitative estimate of drug-likeness (QED) is 0.470. The Kier molecular flexibility index (Phi) is 15.9. The van der Waals surface area contributed by atoms with Crippen LogP contribution in [0, 0.1) is 0 Å². The number of hydrogen-bond acceptors (Lipinski definition) is 4. The van der Waals surface area contributed by atoms with Gasteiger partial charge in [-0.05, 0) is 34.6 Å².